The fourth-order valence-corrected chi connectivity index (χ4v) is 2.64. The molecule has 2 aromatic rings. The fourth-order valence-electron chi connectivity index (χ4n) is 2.05. The van der Waals surface area contributed by atoms with Crippen molar-refractivity contribution in [3.05, 3.63) is 64.7 Å². The standard InChI is InChI=1S/C14H8ClF3O4S.C6H14N2O3/c15-11-5-1-9(2-6-11)13(19)10-3-7-12(8-4-10)22-23(20,21)14(16,17)18;1-3-10-5-8(7)6(9)11-4-2/h1-8H;3-5,7H2,1-2H3. The lowest BCUT2D eigenvalue weighted by molar-refractivity contribution is -0.0500. The van der Waals surface area contributed by atoms with E-state index >= 15 is 0 Å². The number of benzene rings is 2. The first kappa shape index (κ1) is 29.2. The lowest BCUT2D eigenvalue weighted by Crippen LogP contribution is -2.39. The van der Waals surface area contributed by atoms with Crippen molar-refractivity contribution in [2.24, 2.45) is 5.84 Å². The maximum Gasteiger partial charge on any atom is 0.534 e. The van der Waals surface area contributed by atoms with E-state index in [0.29, 0.717) is 23.8 Å². The lowest BCUT2D eigenvalue weighted by Gasteiger charge is -2.14. The van der Waals surface area contributed by atoms with Crippen LogP contribution in [0.4, 0.5) is 18.0 Å². The van der Waals surface area contributed by atoms with Crippen molar-refractivity contribution in [3.8, 4) is 5.75 Å². The summed E-state index contributed by atoms with van der Waals surface area (Å²) in [5.74, 6) is 4.28. The minimum absolute atomic E-state index is 0.0648. The number of amides is 1. The SMILES string of the molecule is CCOCN(N)C(=O)OCC.O=C(c1ccc(Cl)cc1)c1ccc(OS(=O)(=O)C(F)(F)F)cc1. The van der Waals surface area contributed by atoms with Crippen LogP contribution in [-0.4, -0.2) is 50.8 Å². The molecule has 0 bridgehead atoms. The van der Waals surface area contributed by atoms with Gasteiger partial charge in [-0.3, -0.25) is 4.79 Å². The van der Waals surface area contributed by atoms with Gasteiger partial charge in [0.1, 0.15) is 12.5 Å². The molecule has 0 saturated carbocycles. The van der Waals surface area contributed by atoms with Crippen molar-refractivity contribution < 1.29 is 44.8 Å². The summed E-state index contributed by atoms with van der Waals surface area (Å²) in [6.45, 7) is 4.44. The quantitative estimate of drug-likeness (QED) is 0.104. The Labute approximate surface area is 199 Å². The van der Waals surface area contributed by atoms with E-state index in [2.05, 4.69) is 8.92 Å². The molecule has 34 heavy (non-hydrogen) atoms. The molecule has 0 aliphatic rings. The normalized spacial score (nSPS) is 11.1. The van der Waals surface area contributed by atoms with Crippen LogP contribution in [0.2, 0.25) is 5.02 Å². The predicted octanol–water partition coefficient (Wildman–Crippen LogP) is 4.11. The number of nitrogens with two attached hydrogens (primary N) is 1. The smallest absolute Gasteiger partial charge is 0.449 e. The van der Waals surface area contributed by atoms with Crippen LogP contribution in [0.5, 0.6) is 5.75 Å². The average Bonchev–Trinajstić information content (AvgIpc) is 2.77. The summed E-state index contributed by atoms with van der Waals surface area (Å²) in [6.07, 6.45) is -0.569. The van der Waals surface area contributed by atoms with E-state index in [-0.39, 0.29) is 12.3 Å². The van der Waals surface area contributed by atoms with Crippen LogP contribution < -0.4 is 10.0 Å². The van der Waals surface area contributed by atoms with E-state index in [4.69, 9.17) is 22.2 Å². The molecule has 0 saturated heterocycles. The monoisotopic (exact) mass is 526 g/mol. The van der Waals surface area contributed by atoms with Gasteiger partial charge in [-0.15, -0.1) is 0 Å². The molecule has 0 unspecified atom stereocenters. The van der Waals surface area contributed by atoms with Crippen LogP contribution in [0.1, 0.15) is 29.8 Å². The first-order valence-corrected chi connectivity index (χ1v) is 11.3. The number of ketones is 1. The second kappa shape index (κ2) is 13.1. The van der Waals surface area contributed by atoms with Crippen LogP contribution in [-0.2, 0) is 19.6 Å². The summed E-state index contributed by atoms with van der Waals surface area (Å²) < 4.78 is 71.7. The molecule has 0 radical (unpaired) electrons. The van der Waals surface area contributed by atoms with Gasteiger partial charge in [-0.1, -0.05) is 11.6 Å². The van der Waals surface area contributed by atoms with Gasteiger partial charge < -0.3 is 13.7 Å². The van der Waals surface area contributed by atoms with Crippen LogP contribution in [0.15, 0.2) is 48.5 Å². The number of hydrogen-bond acceptors (Lipinski definition) is 8. The van der Waals surface area contributed by atoms with Gasteiger partial charge in [0.25, 0.3) is 0 Å². The van der Waals surface area contributed by atoms with Gasteiger partial charge in [0, 0.05) is 22.8 Å². The maximum absolute atomic E-state index is 12.2. The minimum atomic E-state index is -5.74. The third-order valence-electron chi connectivity index (χ3n) is 3.65. The van der Waals surface area contributed by atoms with E-state index in [1.807, 2.05) is 6.92 Å². The lowest BCUT2D eigenvalue weighted by atomic mass is 10.0. The van der Waals surface area contributed by atoms with Crippen molar-refractivity contribution in [1.82, 2.24) is 5.01 Å². The topological polar surface area (TPSA) is 125 Å². The zero-order valence-corrected chi connectivity index (χ0v) is 19.6. The predicted molar refractivity (Wildman–Crippen MR) is 116 cm³/mol. The van der Waals surface area contributed by atoms with Crippen molar-refractivity contribution in [3.63, 3.8) is 0 Å². The molecule has 0 aliphatic heterocycles. The highest BCUT2D eigenvalue weighted by molar-refractivity contribution is 7.88. The van der Waals surface area contributed by atoms with Gasteiger partial charge in [0.05, 0.1) is 6.61 Å². The third kappa shape index (κ3) is 9.17. The number of halogens is 4. The summed E-state index contributed by atoms with van der Waals surface area (Å²) in [4.78, 5) is 22.9. The average molecular weight is 527 g/mol. The molecule has 188 valence electrons. The second-order valence-corrected chi connectivity index (χ2v) is 8.11. The number of hydrogen-bond donors (Lipinski definition) is 1. The van der Waals surface area contributed by atoms with Crippen LogP contribution >= 0.6 is 11.6 Å². The molecular weight excluding hydrogens is 505 g/mol. The molecule has 0 aromatic heterocycles. The number of ether oxygens (including phenoxy) is 2. The Kier molecular flexibility index (Phi) is 11.3. The van der Waals surface area contributed by atoms with Crippen LogP contribution in [0.3, 0.4) is 0 Å². The molecule has 2 aromatic carbocycles. The van der Waals surface area contributed by atoms with E-state index in [0.717, 1.165) is 29.3 Å². The summed E-state index contributed by atoms with van der Waals surface area (Å²) in [5, 5.41) is 1.33. The van der Waals surface area contributed by atoms with Gasteiger partial charge in [-0.25, -0.2) is 15.6 Å². The van der Waals surface area contributed by atoms with Crippen molar-refractivity contribution in [2.75, 3.05) is 19.9 Å². The van der Waals surface area contributed by atoms with Crippen LogP contribution in [0.25, 0.3) is 0 Å². The van der Waals surface area contributed by atoms with Crippen molar-refractivity contribution in [1.29, 1.82) is 0 Å². The number of hydrazine groups is 1. The Morgan fingerprint density at radius 3 is 1.91 bits per heavy atom. The number of carbonyl (C=O) groups excluding carboxylic acids is 2. The summed E-state index contributed by atoms with van der Waals surface area (Å²) >= 11 is 5.70. The molecule has 1 amide bonds. The minimum Gasteiger partial charge on any atom is -0.449 e. The van der Waals surface area contributed by atoms with Gasteiger partial charge in [0.2, 0.25) is 0 Å². The summed E-state index contributed by atoms with van der Waals surface area (Å²) in [7, 11) is -5.74. The van der Waals surface area contributed by atoms with E-state index in [1.165, 1.54) is 24.3 Å². The van der Waals surface area contributed by atoms with Crippen molar-refractivity contribution >= 4 is 33.6 Å². The second-order valence-electron chi connectivity index (χ2n) is 6.13. The van der Waals surface area contributed by atoms with E-state index in [9.17, 15) is 31.2 Å². The number of rotatable bonds is 8. The molecule has 0 atom stereocenters. The Hall–Kier alpha value is -2.87. The van der Waals surface area contributed by atoms with Gasteiger partial charge in [-0.2, -0.15) is 21.6 Å². The number of nitrogens with zero attached hydrogens (tertiary/aromatic N) is 1. The summed E-state index contributed by atoms with van der Waals surface area (Å²) in [6, 6.07) is 10.3. The Balaban J connectivity index is 0.000000445. The first-order valence-electron chi connectivity index (χ1n) is 9.50. The van der Waals surface area contributed by atoms with E-state index in [1.54, 1.807) is 6.92 Å². The molecular formula is C20H22ClF3N2O7S. The largest absolute Gasteiger partial charge is 0.534 e. The Bertz CT molecular complexity index is 1050. The summed E-state index contributed by atoms with van der Waals surface area (Å²) in [5.41, 5.74) is -5.04. The molecule has 2 rings (SSSR count). The highest BCUT2D eigenvalue weighted by Gasteiger charge is 2.48. The number of alkyl halides is 3. The number of carbonyl (C=O) groups is 2. The van der Waals surface area contributed by atoms with Crippen LogP contribution in [0, 0.1) is 0 Å². The highest BCUT2D eigenvalue weighted by Crippen LogP contribution is 2.27. The van der Waals surface area contributed by atoms with Gasteiger partial charge in [0.15, 0.2) is 5.78 Å². The van der Waals surface area contributed by atoms with Gasteiger partial charge in [-0.05, 0) is 62.4 Å². The first-order chi connectivity index (χ1) is 15.8. The fraction of sp³-hybridized carbons (Fsp3) is 0.300. The van der Waals surface area contributed by atoms with Crippen molar-refractivity contribution in [2.45, 2.75) is 19.4 Å². The molecule has 0 aliphatic carbocycles. The zero-order valence-electron chi connectivity index (χ0n) is 18.0. The van der Waals surface area contributed by atoms with E-state index < -0.39 is 33.3 Å². The molecule has 0 spiro atoms. The maximum atomic E-state index is 12.2. The Morgan fingerprint density at radius 2 is 1.47 bits per heavy atom. The highest BCUT2D eigenvalue weighted by atomic mass is 35.5. The molecule has 0 fully saturated rings. The third-order valence-corrected chi connectivity index (χ3v) is 4.88. The Morgan fingerprint density at radius 1 is 0.971 bits per heavy atom. The molecule has 0 heterocycles. The molecule has 14 heteroatoms. The molecule has 2 N–H and O–H groups in total. The zero-order chi connectivity index (χ0) is 25.9. The van der Waals surface area contributed by atoms with Gasteiger partial charge >= 0.3 is 21.7 Å². The molecule has 9 nitrogen and oxygen atoms in total.